The molecule has 0 unspecified atom stereocenters. The van der Waals surface area contributed by atoms with Crippen molar-refractivity contribution in [1.29, 1.82) is 0 Å². The lowest BCUT2D eigenvalue weighted by Crippen LogP contribution is -2.15. The van der Waals surface area contributed by atoms with Gasteiger partial charge in [0.1, 0.15) is 10.0 Å². The van der Waals surface area contributed by atoms with Crippen molar-refractivity contribution in [2.45, 2.75) is 4.21 Å². The lowest BCUT2D eigenvalue weighted by Gasteiger charge is -2.13. The van der Waals surface area contributed by atoms with Gasteiger partial charge in [-0.2, -0.15) is 0 Å². The molecule has 0 saturated carbocycles. The van der Waals surface area contributed by atoms with Crippen LogP contribution in [-0.4, -0.2) is 18.4 Å². The maximum Gasteiger partial charge on any atom is 0.272 e. The highest BCUT2D eigenvalue weighted by Gasteiger charge is 2.19. The van der Waals surface area contributed by atoms with Crippen molar-refractivity contribution in [1.82, 2.24) is 9.97 Å². The van der Waals surface area contributed by atoms with Crippen molar-refractivity contribution in [3.8, 4) is 0 Å². The Morgan fingerprint density at radius 1 is 0.889 bits per heavy atom. The summed E-state index contributed by atoms with van der Waals surface area (Å²) in [7, 11) is -3.81. The number of nitrogens with zero attached hydrogens (tertiary/aromatic N) is 2. The molecule has 0 radical (unpaired) electrons. The summed E-state index contributed by atoms with van der Waals surface area (Å²) in [5, 5.41) is 4.61. The molecular weight excluding hydrogens is 387 g/mol. The summed E-state index contributed by atoms with van der Waals surface area (Å²) in [5.74, 6) is -0.208. The first-order valence-electron chi connectivity index (χ1n) is 7.87. The third-order valence-corrected chi connectivity index (χ3v) is 6.39. The van der Waals surface area contributed by atoms with Crippen molar-refractivity contribution in [3.05, 3.63) is 71.9 Å². The first kappa shape index (κ1) is 17.4. The summed E-state index contributed by atoms with van der Waals surface area (Å²) in [4.78, 5) is 8.83. The lowest BCUT2D eigenvalue weighted by molar-refractivity contribution is 0.603. The van der Waals surface area contributed by atoms with Crippen LogP contribution in [0.3, 0.4) is 0 Å². The van der Waals surface area contributed by atoms with Gasteiger partial charge < -0.3 is 5.32 Å². The van der Waals surface area contributed by atoms with Crippen LogP contribution in [-0.2, 0) is 10.0 Å². The van der Waals surface area contributed by atoms with E-state index >= 15 is 0 Å². The maximum absolute atomic E-state index is 13.5. The summed E-state index contributed by atoms with van der Waals surface area (Å²) in [6.07, 6.45) is 0. The van der Waals surface area contributed by atoms with E-state index in [1.807, 2.05) is 0 Å². The zero-order valence-electron chi connectivity index (χ0n) is 13.8. The average Bonchev–Trinajstić information content (AvgIpc) is 3.18. The number of sulfonamides is 1. The Morgan fingerprint density at radius 2 is 1.63 bits per heavy atom. The normalized spacial score (nSPS) is 11.4. The molecule has 4 rings (SSSR count). The second kappa shape index (κ2) is 6.93. The molecule has 9 heteroatoms. The Hall–Kier alpha value is -3.04. The van der Waals surface area contributed by atoms with Gasteiger partial charge >= 0.3 is 0 Å². The second-order valence-corrected chi connectivity index (χ2v) is 8.44. The molecule has 0 amide bonds. The topological polar surface area (TPSA) is 84.0 Å². The number of fused-ring (bicyclic) bond motifs is 1. The lowest BCUT2D eigenvalue weighted by atomic mass is 10.3. The van der Waals surface area contributed by atoms with Gasteiger partial charge in [-0.1, -0.05) is 24.3 Å². The molecule has 136 valence electrons. The molecule has 0 aliphatic carbocycles. The fraction of sp³-hybridized carbons (Fsp3) is 0. The molecular formula is C18H13FN4O2S2. The van der Waals surface area contributed by atoms with Gasteiger partial charge in [-0.05, 0) is 41.8 Å². The van der Waals surface area contributed by atoms with Crippen LogP contribution in [0.2, 0.25) is 0 Å². The predicted octanol–water partition coefficient (Wildman–Crippen LogP) is 4.37. The number of nitrogens with one attached hydrogen (secondary N) is 2. The number of hydrogen-bond acceptors (Lipinski definition) is 6. The molecule has 0 spiro atoms. The van der Waals surface area contributed by atoms with Crippen LogP contribution in [0, 0.1) is 5.82 Å². The Morgan fingerprint density at radius 3 is 2.30 bits per heavy atom. The zero-order valence-corrected chi connectivity index (χ0v) is 15.4. The monoisotopic (exact) mass is 400 g/mol. The van der Waals surface area contributed by atoms with E-state index in [1.54, 1.807) is 47.8 Å². The van der Waals surface area contributed by atoms with Gasteiger partial charge in [0.05, 0.1) is 11.0 Å². The van der Waals surface area contributed by atoms with Crippen LogP contribution < -0.4 is 10.0 Å². The van der Waals surface area contributed by atoms with Crippen LogP contribution >= 0.6 is 11.3 Å². The Bertz CT molecular complexity index is 1210. The number of aromatic nitrogens is 2. The molecule has 0 atom stereocenters. The third-order valence-electron chi connectivity index (χ3n) is 3.65. The van der Waals surface area contributed by atoms with Gasteiger partial charge in [-0.15, -0.1) is 11.3 Å². The molecule has 27 heavy (non-hydrogen) atoms. The molecule has 2 heterocycles. The van der Waals surface area contributed by atoms with Crippen molar-refractivity contribution in [3.63, 3.8) is 0 Å². The van der Waals surface area contributed by atoms with E-state index in [1.165, 1.54) is 18.2 Å². The van der Waals surface area contributed by atoms with Crippen LogP contribution in [0.5, 0.6) is 0 Å². The van der Waals surface area contributed by atoms with Gasteiger partial charge in [0.15, 0.2) is 11.6 Å². The number of halogens is 1. The van der Waals surface area contributed by atoms with Gasteiger partial charge in [-0.25, -0.2) is 22.8 Å². The smallest absolute Gasteiger partial charge is 0.272 e. The highest BCUT2D eigenvalue weighted by Crippen LogP contribution is 2.28. The summed E-state index contributed by atoms with van der Waals surface area (Å²) < 4.78 is 41.3. The van der Waals surface area contributed by atoms with E-state index < -0.39 is 15.8 Å². The number of rotatable bonds is 5. The van der Waals surface area contributed by atoms with Crippen LogP contribution in [0.25, 0.3) is 11.0 Å². The van der Waals surface area contributed by atoms with Crippen LogP contribution in [0.1, 0.15) is 0 Å². The number of thiophene rings is 1. The Balaban J connectivity index is 1.80. The molecule has 0 aliphatic rings. The second-order valence-electron chi connectivity index (χ2n) is 5.58. The Labute approximate surface area is 158 Å². The number of anilines is 3. The number of benzene rings is 2. The molecule has 0 aliphatic heterocycles. The number of hydrogen-bond donors (Lipinski definition) is 2. The minimum absolute atomic E-state index is 0.0337. The fourth-order valence-corrected chi connectivity index (χ4v) is 4.46. The minimum Gasteiger partial charge on any atom is -0.337 e. The molecule has 6 nitrogen and oxygen atoms in total. The summed E-state index contributed by atoms with van der Waals surface area (Å²) in [6.45, 7) is 0. The van der Waals surface area contributed by atoms with Gasteiger partial charge in [0.2, 0.25) is 0 Å². The highest BCUT2D eigenvalue weighted by atomic mass is 32.2. The molecule has 0 saturated heterocycles. The molecule has 2 aromatic carbocycles. The minimum atomic E-state index is -3.81. The quantitative estimate of drug-likeness (QED) is 0.520. The highest BCUT2D eigenvalue weighted by molar-refractivity contribution is 7.94. The van der Waals surface area contributed by atoms with Crippen molar-refractivity contribution >= 4 is 49.7 Å². The van der Waals surface area contributed by atoms with E-state index in [4.69, 9.17) is 0 Å². The fourth-order valence-electron chi connectivity index (χ4n) is 2.46. The Kier molecular flexibility index (Phi) is 4.46. The largest absolute Gasteiger partial charge is 0.337 e. The standard InChI is InChI=1S/C18H13FN4O2S2/c19-12-5-3-6-13(11-12)20-17-18(22-15-8-2-1-7-14(15)21-17)23-27(24,25)16-9-4-10-26-16/h1-11H,(H,20,21)(H,22,23). The maximum atomic E-state index is 13.5. The summed E-state index contributed by atoms with van der Waals surface area (Å²) in [6, 6.07) is 16.0. The van der Waals surface area contributed by atoms with Gasteiger partial charge in [0.25, 0.3) is 10.0 Å². The summed E-state index contributed by atoms with van der Waals surface area (Å²) >= 11 is 1.10. The van der Waals surface area contributed by atoms with Crippen molar-refractivity contribution in [2.75, 3.05) is 10.0 Å². The first-order chi connectivity index (χ1) is 13.0. The van der Waals surface area contributed by atoms with E-state index in [2.05, 4.69) is 20.0 Å². The van der Waals surface area contributed by atoms with Gasteiger partial charge in [0, 0.05) is 5.69 Å². The molecule has 2 N–H and O–H groups in total. The molecule has 2 aromatic heterocycles. The van der Waals surface area contributed by atoms with E-state index in [0.29, 0.717) is 16.7 Å². The average molecular weight is 400 g/mol. The first-order valence-corrected chi connectivity index (χ1v) is 10.2. The van der Waals surface area contributed by atoms with E-state index in [9.17, 15) is 12.8 Å². The van der Waals surface area contributed by atoms with E-state index in [0.717, 1.165) is 11.3 Å². The van der Waals surface area contributed by atoms with E-state index in [-0.39, 0.29) is 15.8 Å². The van der Waals surface area contributed by atoms with Gasteiger partial charge in [-0.3, -0.25) is 4.72 Å². The molecule has 4 aromatic rings. The summed E-state index contributed by atoms with van der Waals surface area (Å²) in [5.41, 5.74) is 1.54. The van der Waals surface area contributed by atoms with Crippen molar-refractivity contribution in [2.24, 2.45) is 0 Å². The molecule has 0 bridgehead atoms. The van der Waals surface area contributed by atoms with Crippen LogP contribution in [0.4, 0.5) is 21.7 Å². The SMILES string of the molecule is O=S(=O)(Nc1nc2ccccc2nc1Nc1cccc(F)c1)c1cccs1. The molecule has 0 fully saturated rings. The third kappa shape index (κ3) is 3.74. The predicted molar refractivity (Wildman–Crippen MR) is 104 cm³/mol. The number of para-hydroxylation sites is 2. The van der Waals surface area contributed by atoms with Crippen molar-refractivity contribution < 1.29 is 12.8 Å². The van der Waals surface area contributed by atoms with Crippen LogP contribution in [0.15, 0.2) is 70.3 Å². The zero-order chi connectivity index (χ0) is 18.9.